The monoisotopic (exact) mass is 576 g/mol. The van der Waals surface area contributed by atoms with Crippen molar-refractivity contribution in [3.63, 3.8) is 0 Å². The van der Waals surface area contributed by atoms with E-state index in [0.29, 0.717) is 17.9 Å². The van der Waals surface area contributed by atoms with Gasteiger partial charge >= 0.3 is 18.0 Å². The predicted molar refractivity (Wildman–Crippen MR) is 141 cm³/mol. The van der Waals surface area contributed by atoms with Crippen LogP contribution in [0.4, 0.5) is 23.8 Å². The fraction of sp³-hybridized carbons (Fsp3) is 0.640. The third kappa shape index (κ3) is 5.44. The molecule has 13 heteroatoms. The Morgan fingerprint density at radius 2 is 1.84 bits per heavy atom. The Morgan fingerprint density at radius 3 is 2.39 bits per heavy atom. The summed E-state index contributed by atoms with van der Waals surface area (Å²) in [7, 11) is 0. The van der Waals surface area contributed by atoms with Gasteiger partial charge in [-0.2, -0.15) is 18.2 Å². The van der Waals surface area contributed by atoms with Gasteiger partial charge in [0.05, 0.1) is 45.7 Å². The molecule has 0 bridgehead atoms. The molecule has 4 rings (SSSR count). The first kappa shape index (κ1) is 28.8. The number of nitrogens with zero attached hydrogens (tertiary/aromatic N) is 4. The molecule has 0 aliphatic carbocycles. The van der Waals surface area contributed by atoms with Crippen molar-refractivity contribution in [2.75, 3.05) is 37.0 Å². The van der Waals surface area contributed by atoms with Crippen molar-refractivity contribution in [2.45, 2.75) is 76.3 Å². The van der Waals surface area contributed by atoms with Crippen LogP contribution >= 0.6 is 23.4 Å². The molecule has 3 atom stereocenters. The minimum atomic E-state index is -4.70. The number of amides is 1. The molecule has 0 radical (unpaired) electrons. The van der Waals surface area contributed by atoms with Crippen LogP contribution in [-0.2, 0) is 15.7 Å². The zero-order valence-electron chi connectivity index (χ0n) is 22.2. The van der Waals surface area contributed by atoms with Crippen LogP contribution in [0, 0.1) is 0 Å². The third-order valence-electron chi connectivity index (χ3n) is 6.51. The van der Waals surface area contributed by atoms with E-state index >= 15 is 0 Å². The zero-order valence-corrected chi connectivity index (χ0v) is 23.8. The van der Waals surface area contributed by atoms with Gasteiger partial charge in [-0.15, -0.1) is 11.8 Å². The first-order valence-electron chi connectivity index (χ1n) is 12.5. The lowest BCUT2D eigenvalue weighted by molar-refractivity contribution is -0.137. The van der Waals surface area contributed by atoms with E-state index in [2.05, 4.69) is 4.98 Å². The molecule has 1 amide bonds. The van der Waals surface area contributed by atoms with Crippen molar-refractivity contribution in [1.29, 1.82) is 0 Å². The molecule has 0 unspecified atom stereocenters. The molecule has 2 aliphatic heterocycles. The standard InChI is InChI=1S/C25H32ClF3N4O4S/c1-7-36-11-15-12-38-20-18(26)17(25(27,28)29)8-16-19(20)33(15)22(34)30-21(16)31-9-13(2)32(14(3)10-31)23(35)37-24(4,5)6/h8,13-15H,7,9-12H2,1-6H3/t13-,14+,15-/m0/s1. The number of anilines is 1. The molecule has 1 aromatic carbocycles. The first-order chi connectivity index (χ1) is 17.6. The van der Waals surface area contributed by atoms with Crippen molar-refractivity contribution in [3.8, 4) is 0 Å². The lowest BCUT2D eigenvalue weighted by Crippen LogP contribution is -2.60. The van der Waals surface area contributed by atoms with Crippen LogP contribution in [0.5, 0.6) is 0 Å². The normalized spacial score (nSPS) is 22.2. The van der Waals surface area contributed by atoms with Crippen molar-refractivity contribution in [2.24, 2.45) is 0 Å². The van der Waals surface area contributed by atoms with Crippen LogP contribution in [0.3, 0.4) is 0 Å². The number of ether oxygens (including phenoxy) is 2. The van der Waals surface area contributed by atoms with Gasteiger partial charge in [0.2, 0.25) is 0 Å². The zero-order chi connectivity index (χ0) is 28.2. The molecule has 8 nitrogen and oxygen atoms in total. The summed E-state index contributed by atoms with van der Waals surface area (Å²) in [6.07, 6.45) is -5.16. The maximum Gasteiger partial charge on any atom is 0.417 e. The van der Waals surface area contributed by atoms with E-state index in [0.717, 1.165) is 6.07 Å². The van der Waals surface area contributed by atoms with Crippen molar-refractivity contribution in [1.82, 2.24) is 14.5 Å². The second-order valence-corrected chi connectivity index (χ2v) is 12.1. The van der Waals surface area contributed by atoms with Crippen LogP contribution in [0.15, 0.2) is 15.8 Å². The van der Waals surface area contributed by atoms with Gasteiger partial charge in [-0.1, -0.05) is 11.6 Å². The van der Waals surface area contributed by atoms with E-state index in [1.54, 1.807) is 30.6 Å². The lowest BCUT2D eigenvalue weighted by atomic mass is 10.1. The Labute approximate surface area is 228 Å². The molecule has 1 saturated heterocycles. The van der Waals surface area contributed by atoms with Gasteiger partial charge in [-0.25, -0.2) is 9.59 Å². The molecule has 2 aliphatic rings. The maximum atomic E-state index is 14.0. The number of halogens is 4. The number of hydrogen-bond donors (Lipinski definition) is 0. The molecule has 38 heavy (non-hydrogen) atoms. The van der Waals surface area contributed by atoms with Gasteiger partial charge in [-0.05, 0) is 47.6 Å². The average molecular weight is 577 g/mol. The molecule has 1 aromatic heterocycles. The molecule has 0 N–H and O–H groups in total. The Bertz CT molecular complexity index is 1280. The number of aromatic nitrogens is 2. The Kier molecular flexibility index (Phi) is 7.90. The molecular weight excluding hydrogens is 545 g/mol. The molecule has 210 valence electrons. The fourth-order valence-electron chi connectivity index (χ4n) is 5.05. The molecule has 0 saturated carbocycles. The second-order valence-electron chi connectivity index (χ2n) is 10.7. The van der Waals surface area contributed by atoms with Gasteiger partial charge < -0.3 is 14.4 Å². The summed E-state index contributed by atoms with van der Waals surface area (Å²) in [6.45, 7) is 12.0. The van der Waals surface area contributed by atoms with Gasteiger partial charge in [-0.3, -0.25) is 9.47 Å². The van der Waals surface area contributed by atoms with E-state index in [4.69, 9.17) is 21.1 Å². The van der Waals surface area contributed by atoms with Crippen LogP contribution in [0.2, 0.25) is 5.02 Å². The van der Waals surface area contributed by atoms with E-state index in [1.807, 2.05) is 20.8 Å². The maximum absolute atomic E-state index is 14.0. The van der Waals surface area contributed by atoms with Gasteiger partial charge in [0, 0.05) is 30.8 Å². The predicted octanol–water partition coefficient (Wildman–Crippen LogP) is 5.59. The summed E-state index contributed by atoms with van der Waals surface area (Å²) in [5.74, 6) is 0.469. The van der Waals surface area contributed by atoms with Crippen molar-refractivity contribution in [3.05, 3.63) is 27.1 Å². The van der Waals surface area contributed by atoms with Crippen LogP contribution < -0.4 is 10.6 Å². The molecular formula is C25H32ClF3N4O4S. The number of carbonyl (C=O) groups is 1. The average Bonchev–Trinajstić information content (AvgIpc) is 2.78. The molecule has 2 aromatic rings. The number of hydrogen-bond acceptors (Lipinski definition) is 7. The number of piperazine rings is 1. The number of benzene rings is 1. The highest BCUT2D eigenvalue weighted by atomic mass is 35.5. The summed E-state index contributed by atoms with van der Waals surface area (Å²) in [4.78, 5) is 34.1. The van der Waals surface area contributed by atoms with Gasteiger partial charge in [0.15, 0.2) is 0 Å². The highest BCUT2D eigenvalue weighted by Gasteiger charge is 2.40. The van der Waals surface area contributed by atoms with Crippen molar-refractivity contribution < 1.29 is 27.4 Å². The third-order valence-corrected chi connectivity index (χ3v) is 8.25. The quantitative estimate of drug-likeness (QED) is 0.470. The summed E-state index contributed by atoms with van der Waals surface area (Å²) < 4.78 is 54.6. The molecule has 0 spiro atoms. The van der Waals surface area contributed by atoms with Crippen molar-refractivity contribution >= 4 is 46.2 Å². The van der Waals surface area contributed by atoms with Gasteiger partial charge in [0.25, 0.3) is 0 Å². The smallest absolute Gasteiger partial charge is 0.417 e. The minimum Gasteiger partial charge on any atom is -0.444 e. The number of rotatable bonds is 4. The Morgan fingerprint density at radius 1 is 1.21 bits per heavy atom. The Balaban J connectivity index is 1.85. The second kappa shape index (κ2) is 10.4. The van der Waals surface area contributed by atoms with Crippen LogP contribution in [-0.4, -0.2) is 70.3 Å². The summed E-state index contributed by atoms with van der Waals surface area (Å²) >= 11 is 7.48. The van der Waals surface area contributed by atoms with Gasteiger partial charge in [0.1, 0.15) is 11.4 Å². The van der Waals surface area contributed by atoms with E-state index in [1.165, 1.54) is 16.3 Å². The fourth-order valence-corrected chi connectivity index (χ4v) is 6.65. The summed E-state index contributed by atoms with van der Waals surface area (Å²) in [5.41, 5.74) is -1.90. The number of alkyl halides is 3. The van der Waals surface area contributed by atoms with E-state index in [9.17, 15) is 22.8 Å². The van der Waals surface area contributed by atoms with E-state index < -0.39 is 40.2 Å². The largest absolute Gasteiger partial charge is 0.444 e. The summed E-state index contributed by atoms with van der Waals surface area (Å²) in [6, 6.07) is -0.123. The van der Waals surface area contributed by atoms with E-state index in [-0.39, 0.29) is 47.9 Å². The lowest BCUT2D eigenvalue weighted by Gasteiger charge is -2.45. The SMILES string of the molecule is CCOC[C@H]1CSc2c(Cl)c(C(F)(F)F)cc3c(N4C[C@@H](C)N(C(=O)OC(C)(C)C)[C@@H](C)C4)nc(=O)n1c23. The molecule has 1 fully saturated rings. The topological polar surface area (TPSA) is 76.9 Å². The van der Waals surface area contributed by atoms with Crippen LogP contribution in [0.25, 0.3) is 10.9 Å². The Hall–Kier alpha value is -2.18. The highest BCUT2D eigenvalue weighted by Crippen LogP contribution is 2.48. The summed E-state index contributed by atoms with van der Waals surface area (Å²) in [5, 5.41) is -0.234. The highest BCUT2D eigenvalue weighted by molar-refractivity contribution is 7.99. The first-order valence-corrected chi connectivity index (χ1v) is 13.8. The number of carbonyl (C=O) groups excluding carboxylic acids is 1. The minimum absolute atomic E-state index is 0.143. The number of thioether (sulfide) groups is 1. The molecule has 3 heterocycles. The van der Waals surface area contributed by atoms with Crippen LogP contribution in [0.1, 0.15) is 53.1 Å².